The van der Waals surface area contributed by atoms with E-state index in [4.69, 9.17) is 5.41 Å². The maximum absolute atomic E-state index is 13.5. The van der Waals surface area contributed by atoms with E-state index in [2.05, 4.69) is 65.2 Å². The number of nitrogens with one attached hydrogen (secondary N) is 3. The maximum Gasteiger partial charge on any atom is 0.238 e. The number of phenolic OH excluding ortho intramolecular Hbond substituents is 1. The van der Waals surface area contributed by atoms with Crippen molar-refractivity contribution in [3.63, 3.8) is 0 Å². The van der Waals surface area contributed by atoms with Crippen molar-refractivity contribution in [1.82, 2.24) is 5.32 Å². The summed E-state index contributed by atoms with van der Waals surface area (Å²) in [6.07, 6.45) is 14.2. The van der Waals surface area contributed by atoms with Crippen molar-refractivity contribution in [2.75, 3.05) is 11.9 Å². The second-order valence-corrected chi connectivity index (χ2v) is 12.3. The number of carbonyl (C=O) groups excluding carboxylic acids is 1. The number of carbonyl (C=O) groups is 1. The molecule has 1 amide bonds. The Morgan fingerprint density at radius 3 is 2.53 bits per heavy atom. The average molecular weight is 582 g/mol. The Hall–Kier alpha value is -3.77. The number of rotatable bonds is 10. The molecule has 0 saturated heterocycles. The van der Waals surface area contributed by atoms with Gasteiger partial charge in [0.25, 0.3) is 0 Å². The monoisotopic (exact) mass is 581 g/mol. The summed E-state index contributed by atoms with van der Waals surface area (Å²) in [5.74, 6) is -0.723. The van der Waals surface area contributed by atoms with Gasteiger partial charge in [-0.2, -0.15) is 0 Å². The van der Waals surface area contributed by atoms with Crippen LogP contribution in [0.15, 0.2) is 78.4 Å². The van der Waals surface area contributed by atoms with Crippen molar-refractivity contribution >= 4 is 17.3 Å². The summed E-state index contributed by atoms with van der Waals surface area (Å²) in [5, 5.41) is 24.2. The minimum Gasteiger partial charge on any atom is -0.505 e. The number of hydrogen-bond acceptors (Lipinski definition) is 4. The highest BCUT2D eigenvalue weighted by Crippen LogP contribution is 2.40. The van der Waals surface area contributed by atoms with Gasteiger partial charge in [0.05, 0.1) is 6.54 Å². The smallest absolute Gasteiger partial charge is 0.238 e. The van der Waals surface area contributed by atoms with Gasteiger partial charge in [-0.05, 0) is 91.7 Å². The SMILES string of the molecule is CCC(=N)Cc1cccc(-c2ccc(C3(NCC(=O)Nc4ccc(F)c(O)c4)CCC/C(=C/C4CCCC4)CC3)cc2)c1. The van der Waals surface area contributed by atoms with Crippen molar-refractivity contribution in [2.24, 2.45) is 5.92 Å². The Balaban J connectivity index is 1.36. The Morgan fingerprint density at radius 1 is 1.00 bits per heavy atom. The molecule has 0 radical (unpaired) electrons. The Bertz CT molecular complexity index is 1460. The van der Waals surface area contributed by atoms with E-state index in [0.29, 0.717) is 18.0 Å². The van der Waals surface area contributed by atoms with Crippen LogP contribution in [0.2, 0.25) is 0 Å². The number of benzene rings is 3. The summed E-state index contributed by atoms with van der Waals surface area (Å²) in [6.45, 7) is 2.13. The van der Waals surface area contributed by atoms with Crippen molar-refractivity contribution in [3.05, 3.63) is 95.3 Å². The highest BCUT2D eigenvalue weighted by molar-refractivity contribution is 5.92. The van der Waals surface area contributed by atoms with E-state index in [1.165, 1.54) is 43.4 Å². The van der Waals surface area contributed by atoms with Gasteiger partial charge in [-0.3, -0.25) is 10.1 Å². The van der Waals surface area contributed by atoms with Crippen LogP contribution in [0.1, 0.15) is 82.3 Å². The highest BCUT2D eigenvalue weighted by atomic mass is 19.1. The van der Waals surface area contributed by atoms with E-state index in [0.717, 1.165) is 67.0 Å². The standard InChI is InChI=1S/C37H44FN3O2/c1-2-32(39)23-28-9-5-11-30(22-28)29-12-14-31(15-13-29)37(19-6-10-27(18-20-37)21-26-7-3-4-8-26)40-25-36(43)41-33-16-17-34(38)35(42)24-33/h5,9,11-17,21-22,24,26,39-40,42H,2-4,6-8,10,18-20,23,25H2,1H3,(H,41,43)/b27-21-,39-32?. The number of anilines is 1. The van der Waals surface area contributed by atoms with Gasteiger partial charge in [-0.15, -0.1) is 0 Å². The molecule has 5 nitrogen and oxygen atoms in total. The van der Waals surface area contributed by atoms with Crippen LogP contribution in [0.3, 0.4) is 0 Å². The summed E-state index contributed by atoms with van der Waals surface area (Å²) in [7, 11) is 0. The van der Waals surface area contributed by atoms with Crippen LogP contribution in [-0.2, 0) is 16.8 Å². The van der Waals surface area contributed by atoms with Gasteiger partial charge < -0.3 is 15.8 Å². The zero-order valence-electron chi connectivity index (χ0n) is 25.2. The third-order valence-electron chi connectivity index (χ3n) is 9.20. The van der Waals surface area contributed by atoms with E-state index >= 15 is 0 Å². The quantitative estimate of drug-likeness (QED) is 0.110. The first-order chi connectivity index (χ1) is 20.8. The molecule has 0 heterocycles. The third-order valence-corrected chi connectivity index (χ3v) is 9.20. The van der Waals surface area contributed by atoms with Crippen LogP contribution < -0.4 is 10.6 Å². The van der Waals surface area contributed by atoms with Crippen LogP contribution in [0.4, 0.5) is 10.1 Å². The van der Waals surface area contributed by atoms with E-state index < -0.39 is 11.6 Å². The lowest BCUT2D eigenvalue weighted by molar-refractivity contribution is -0.115. The third kappa shape index (κ3) is 7.99. The van der Waals surface area contributed by atoms with Crippen LogP contribution in [0.25, 0.3) is 11.1 Å². The topological polar surface area (TPSA) is 85.2 Å². The molecule has 0 aromatic heterocycles. The predicted octanol–water partition coefficient (Wildman–Crippen LogP) is 8.67. The second-order valence-electron chi connectivity index (χ2n) is 12.3. The normalized spacial score (nSPS) is 20.2. The Morgan fingerprint density at radius 2 is 1.79 bits per heavy atom. The summed E-state index contributed by atoms with van der Waals surface area (Å²) >= 11 is 0. The van der Waals surface area contributed by atoms with E-state index in [-0.39, 0.29) is 18.0 Å². The fourth-order valence-corrected chi connectivity index (χ4v) is 6.69. The summed E-state index contributed by atoms with van der Waals surface area (Å²) < 4.78 is 13.5. The Labute approximate surface area is 255 Å². The molecule has 226 valence electrons. The van der Waals surface area contributed by atoms with E-state index in [9.17, 15) is 14.3 Å². The molecule has 0 aliphatic heterocycles. The number of allylic oxidation sites excluding steroid dienone is 2. The van der Waals surface area contributed by atoms with Gasteiger partial charge in [0.15, 0.2) is 11.6 Å². The van der Waals surface area contributed by atoms with Crippen molar-refractivity contribution < 1.29 is 14.3 Å². The average Bonchev–Trinajstić information content (AvgIpc) is 3.44. The number of halogens is 1. The van der Waals surface area contributed by atoms with Crippen LogP contribution in [0.5, 0.6) is 5.75 Å². The molecule has 2 aliphatic rings. The van der Waals surface area contributed by atoms with Gasteiger partial charge in [0.1, 0.15) is 0 Å². The molecule has 2 aliphatic carbocycles. The van der Waals surface area contributed by atoms with Crippen molar-refractivity contribution in [2.45, 2.75) is 83.1 Å². The summed E-state index contributed by atoms with van der Waals surface area (Å²) in [6, 6.07) is 21.0. The summed E-state index contributed by atoms with van der Waals surface area (Å²) in [4.78, 5) is 13.0. The summed E-state index contributed by atoms with van der Waals surface area (Å²) in [5.41, 5.74) is 6.88. The van der Waals surface area contributed by atoms with Gasteiger partial charge in [0.2, 0.25) is 5.91 Å². The zero-order valence-corrected chi connectivity index (χ0v) is 25.2. The first kappa shape index (κ1) is 30.7. The maximum atomic E-state index is 13.5. The lowest BCUT2D eigenvalue weighted by Crippen LogP contribution is -2.45. The molecule has 4 N–H and O–H groups in total. The molecule has 5 rings (SSSR count). The molecule has 0 spiro atoms. The molecule has 1 unspecified atom stereocenters. The number of phenols is 1. The molecule has 43 heavy (non-hydrogen) atoms. The number of amides is 1. The fraction of sp³-hybridized carbons (Fsp3) is 0.405. The van der Waals surface area contributed by atoms with Crippen molar-refractivity contribution in [1.29, 1.82) is 5.41 Å². The second kappa shape index (κ2) is 14.1. The lowest BCUT2D eigenvalue weighted by atomic mass is 9.82. The van der Waals surface area contributed by atoms with Crippen molar-refractivity contribution in [3.8, 4) is 16.9 Å². The van der Waals surface area contributed by atoms with Crippen LogP contribution in [-0.4, -0.2) is 23.3 Å². The highest BCUT2D eigenvalue weighted by Gasteiger charge is 2.34. The molecular weight excluding hydrogens is 537 g/mol. The van der Waals surface area contributed by atoms with E-state index in [1.807, 2.05) is 6.92 Å². The minimum absolute atomic E-state index is 0.104. The largest absolute Gasteiger partial charge is 0.505 e. The molecule has 3 aromatic carbocycles. The Kier molecular flexibility index (Phi) is 10.1. The number of aromatic hydroxyl groups is 1. The lowest BCUT2D eigenvalue weighted by Gasteiger charge is -2.35. The predicted molar refractivity (Wildman–Crippen MR) is 173 cm³/mol. The molecule has 3 aromatic rings. The van der Waals surface area contributed by atoms with Crippen LogP contribution >= 0.6 is 0 Å². The molecule has 1 atom stereocenters. The first-order valence-corrected chi connectivity index (χ1v) is 15.8. The molecular formula is C37H44FN3O2. The molecule has 6 heteroatoms. The molecule has 2 saturated carbocycles. The molecule has 2 fully saturated rings. The number of hydrogen-bond donors (Lipinski definition) is 4. The van der Waals surface area contributed by atoms with Gasteiger partial charge in [-0.25, -0.2) is 4.39 Å². The zero-order chi connectivity index (χ0) is 30.2. The minimum atomic E-state index is -0.717. The van der Waals surface area contributed by atoms with Gasteiger partial charge in [-0.1, -0.05) is 79.9 Å². The van der Waals surface area contributed by atoms with Gasteiger partial charge >= 0.3 is 0 Å². The van der Waals surface area contributed by atoms with E-state index in [1.54, 1.807) is 5.57 Å². The van der Waals surface area contributed by atoms with Crippen LogP contribution in [0, 0.1) is 17.1 Å². The first-order valence-electron chi connectivity index (χ1n) is 15.8. The molecule has 0 bridgehead atoms. The fourth-order valence-electron chi connectivity index (χ4n) is 6.69. The van der Waals surface area contributed by atoms with Gasteiger partial charge in [0, 0.05) is 29.4 Å².